The van der Waals surface area contributed by atoms with Crippen LogP contribution < -0.4 is 15.2 Å². The summed E-state index contributed by atoms with van der Waals surface area (Å²) in [5.41, 5.74) is 6.84. The van der Waals surface area contributed by atoms with Gasteiger partial charge < -0.3 is 15.2 Å². The Bertz CT molecular complexity index is 388. The molecule has 0 radical (unpaired) electrons. The largest absolute Gasteiger partial charge is 0.496 e. The van der Waals surface area contributed by atoms with E-state index >= 15 is 0 Å². The first-order chi connectivity index (χ1) is 7.67. The lowest BCUT2D eigenvalue weighted by Crippen LogP contribution is -2.15. The molecule has 0 atom stereocenters. The average molecular weight is 223 g/mol. The van der Waals surface area contributed by atoms with Crippen LogP contribution in [0.25, 0.3) is 0 Å². The fourth-order valence-electron chi connectivity index (χ4n) is 1.57. The zero-order chi connectivity index (χ0) is 12.1. The number of nitrogens with two attached hydrogens (primary N) is 1. The van der Waals surface area contributed by atoms with E-state index in [0.717, 1.165) is 17.7 Å². The third-order valence-electron chi connectivity index (χ3n) is 2.47. The Balaban J connectivity index is 3.31. The molecular weight excluding hydrogens is 206 g/mol. The van der Waals surface area contributed by atoms with Gasteiger partial charge in [-0.25, -0.2) is 0 Å². The van der Waals surface area contributed by atoms with E-state index in [4.69, 9.17) is 15.2 Å². The second-order valence-corrected chi connectivity index (χ2v) is 3.35. The lowest BCUT2D eigenvalue weighted by molar-refractivity contribution is 0.0998. The summed E-state index contributed by atoms with van der Waals surface area (Å²) in [6, 6.07) is 3.51. The highest BCUT2D eigenvalue weighted by atomic mass is 16.5. The van der Waals surface area contributed by atoms with E-state index in [2.05, 4.69) is 0 Å². The minimum absolute atomic E-state index is 0.0220. The molecule has 1 aromatic rings. The van der Waals surface area contributed by atoms with E-state index in [1.54, 1.807) is 19.2 Å². The van der Waals surface area contributed by atoms with E-state index in [1.807, 2.05) is 6.92 Å². The Hall–Kier alpha value is -1.55. The Morgan fingerprint density at radius 2 is 1.88 bits per heavy atom. The highest BCUT2D eigenvalue weighted by Crippen LogP contribution is 2.29. The Kier molecular flexibility index (Phi) is 4.31. The first-order valence-electron chi connectivity index (χ1n) is 5.16. The number of carbonyl (C=O) groups is 1. The van der Waals surface area contributed by atoms with Crippen LogP contribution in [-0.2, 0) is 6.42 Å². The zero-order valence-corrected chi connectivity index (χ0v) is 9.87. The third kappa shape index (κ3) is 2.33. The number of methoxy groups -OCH3 is 2. The van der Waals surface area contributed by atoms with Crippen LogP contribution in [0.2, 0.25) is 0 Å². The van der Waals surface area contributed by atoms with E-state index in [0.29, 0.717) is 11.3 Å². The summed E-state index contributed by atoms with van der Waals surface area (Å²) < 4.78 is 10.4. The minimum atomic E-state index is -0.130. The van der Waals surface area contributed by atoms with Crippen molar-refractivity contribution in [3.63, 3.8) is 0 Å². The molecule has 0 saturated heterocycles. The van der Waals surface area contributed by atoms with Gasteiger partial charge in [-0.3, -0.25) is 4.79 Å². The van der Waals surface area contributed by atoms with Crippen LogP contribution >= 0.6 is 0 Å². The Morgan fingerprint density at radius 3 is 2.31 bits per heavy atom. The molecule has 0 heterocycles. The first kappa shape index (κ1) is 12.5. The molecule has 0 saturated carbocycles. The third-order valence-corrected chi connectivity index (χ3v) is 2.47. The molecule has 0 fully saturated rings. The van der Waals surface area contributed by atoms with E-state index in [9.17, 15) is 4.79 Å². The first-order valence-corrected chi connectivity index (χ1v) is 5.16. The normalized spacial score (nSPS) is 10.0. The van der Waals surface area contributed by atoms with Crippen molar-refractivity contribution < 1.29 is 14.3 Å². The fourth-order valence-corrected chi connectivity index (χ4v) is 1.57. The van der Waals surface area contributed by atoms with E-state index in [-0.39, 0.29) is 12.3 Å². The predicted octanol–water partition coefficient (Wildman–Crippen LogP) is 1.41. The number of rotatable bonds is 5. The molecule has 0 bridgehead atoms. The maximum Gasteiger partial charge on any atom is 0.180 e. The molecule has 0 amide bonds. The van der Waals surface area contributed by atoms with Crippen molar-refractivity contribution >= 4 is 5.78 Å². The predicted molar refractivity (Wildman–Crippen MR) is 62.3 cm³/mol. The van der Waals surface area contributed by atoms with Crippen LogP contribution in [0.5, 0.6) is 11.5 Å². The number of aryl methyl sites for hydroxylation is 1. The fraction of sp³-hybridized carbons (Fsp3) is 0.417. The average Bonchev–Trinajstić information content (AvgIpc) is 2.35. The number of hydrogen-bond acceptors (Lipinski definition) is 4. The highest BCUT2D eigenvalue weighted by Gasteiger charge is 2.14. The summed E-state index contributed by atoms with van der Waals surface area (Å²) >= 11 is 0. The Labute approximate surface area is 95.3 Å². The molecule has 0 unspecified atom stereocenters. The van der Waals surface area contributed by atoms with Crippen LogP contribution in [0.4, 0.5) is 0 Å². The smallest absolute Gasteiger partial charge is 0.180 e. The van der Waals surface area contributed by atoms with E-state index in [1.165, 1.54) is 7.11 Å². The molecular formula is C12H17NO3. The van der Waals surface area contributed by atoms with Gasteiger partial charge in [0.15, 0.2) is 5.78 Å². The number of ketones is 1. The van der Waals surface area contributed by atoms with Gasteiger partial charge >= 0.3 is 0 Å². The monoisotopic (exact) mass is 223 g/mol. The van der Waals surface area contributed by atoms with Crippen molar-refractivity contribution in [3.05, 3.63) is 23.3 Å². The van der Waals surface area contributed by atoms with Gasteiger partial charge in [0.1, 0.15) is 11.5 Å². The van der Waals surface area contributed by atoms with Gasteiger partial charge in [0.2, 0.25) is 0 Å². The summed E-state index contributed by atoms with van der Waals surface area (Å²) in [5, 5.41) is 0. The molecule has 0 aliphatic rings. The van der Waals surface area contributed by atoms with Gasteiger partial charge in [-0.2, -0.15) is 0 Å². The van der Waals surface area contributed by atoms with Crippen molar-refractivity contribution in [2.24, 2.45) is 5.73 Å². The second-order valence-electron chi connectivity index (χ2n) is 3.35. The van der Waals surface area contributed by atoms with Crippen molar-refractivity contribution in [1.82, 2.24) is 0 Å². The number of benzene rings is 1. The van der Waals surface area contributed by atoms with Crippen LogP contribution in [0, 0.1) is 0 Å². The van der Waals surface area contributed by atoms with E-state index < -0.39 is 0 Å². The van der Waals surface area contributed by atoms with Gasteiger partial charge in [0.05, 0.1) is 26.3 Å². The summed E-state index contributed by atoms with van der Waals surface area (Å²) in [7, 11) is 3.12. The molecule has 88 valence electrons. The van der Waals surface area contributed by atoms with Gasteiger partial charge in [-0.05, 0) is 18.1 Å². The van der Waals surface area contributed by atoms with Crippen LogP contribution in [0.15, 0.2) is 12.1 Å². The molecule has 0 aromatic heterocycles. The maximum atomic E-state index is 11.6. The summed E-state index contributed by atoms with van der Waals surface area (Å²) in [6.45, 7) is 1.98. The molecule has 4 heteroatoms. The summed E-state index contributed by atoms with van der Waals surface area (Å²) in [4.78, 5) is 11.6. The van der Waals surface area contributed by atoms with Gasteiger partial charge in [-0.1, -0.05) is 6.92 Å². The number of Topliss-reactive ketones (excluding diaryl/α,β-unsaturated/α-hetero) is 1. The molecule has 0 aliphatic heterocycles. The lowest BCUT2D eigenvalue weighted by atomic mass is 10.0. The number of hydrogen-bond donors (Lipinski definition) is 1. The Morgan fingerprint density at radius 1 is 1.25 bits per heavy atom. The lowest BCUT2D eigenvalue weighted by Gasteiger charge is -2.12. The molecule has 0 aliphatic carbocycles. The van der Waals surface area contributed by atoms with Crippen LogP contribution in [0.3, 0.4) is 0 Å². The SMILES string of the molecule is CCc1cc(C(=O)CN)c(OC)cc1OC. The minimum Gasteiger partial charge on any atom is -0.496 e. The standard InChI is InChI=1S/C12H17NO3/c1-4-8-5-9(10(14)7-13)12(16-3)6-11(8)15-2/h5-6H,4,7,13H2,1-3H3. The van der Waals surface area contributed by atoms with Crippen LogP contribution in [0.1, 0.15) is 22.8 Å². The molecule has 1 aromatic carbocycles. The number of carbonyl (C=O) groups excluding carboxylic acids is 1. The van der Waals surface area contributed by atoms with Crippen molar-refractivity contribution in [2.75, 3.05) is 20.8 Å². The van der Waals surface area contributed by atoms with Crippen LogP contribution in [-0.4, -0.2) is 26.5 Å². The van der Waals surface area contributed by atoms with Gasteiger partial charge in [0.25, 0.3) is 0 Å². The second kappa shape index (κ2) is 5.51. The van der Waals surface area contributed by atoms with Crippen molar-refractivity contribution in [3.8, 4) is 11.5 Å². The van der Waals surface area contributed by atoms with Crippen molar-refractivity contribution in [2.45, 2.75) is 13.3 Å². The summed E-state index contributed by atoms with van der Waals surface area (Å²) in [6.07, 6.45) is 0.790. The summed E-state index contributed by atoms with van der Waals surface area (Å²) in [5.74, 6) is 1.10. The van der Waals surface area contributed by atoms with Gasteiger partial charge in [0, 0.05) is 6.07 Å². The zero-order valence-electron chi connectivity index (χ0n) is 9.87. The molecule has 1 rings (SSSR count). The topological polar surface area (TPSA) is 61.6 Å². The molecule has 0 spiro atoms. The highest BCUT2D eigenvalue weighted by molar-refractivity contribution is 6.00. The van der Waals surface area contributed by atoms with Gasteiger partial charge in [-0.15, -0.1) is 0 Å². The molecule has 16 heavy (non-hydrogen) atoms. The van der Waals surface area contributed by atoms with Crippen molar-refractivity contribution in [1.29, 1.82) is 0 Å². The molecule has 4 nitrogen and oxygen atoms in total. The maximum absolute atomic E-state index is 11.6. The number of ether oxygens (including phenoxy) is 2. The quantitative estimate of drug-likeness (QED) is 0.767. The molecule has 2 N–H and O–H groups in total.